The Morgan fingerprint density at radius 3 is 2.13 bits per heavy atom. The first-order valence-corrected chi connectivity index (χ1v) is 10.9. The van der Waals surface area contributed by atoms with E-state index < -0.39 is 15.6 Å². The predicted molar refractivity (Wildman–Crippen MR) is 117 cm³/mol. The molecule has 0 spiro atoms. The molecule has 156 valence electrons. The SMILES string of the molecule is COc1ccc(C(=O)c2cnc3ccc(OC)cc3c2S(=O)(=O)c2ccccc2)cc1. The molecule has 0 saturated heterocycles. The van der Waals surface area contributed by atoms with Crippen LogP contribution in [0.2, 0.25) is 0 Å². The van der Waals surface area contributed by atoms with Gasteiger partial charge in [0.1, 0.15) is 11.5 Å². The largest absolute Gasteiger partial charge is 0.497 e. The Hall–Kier alpha value is -3.71. The number of methoxy groups -OCH3 is 2. The van der Waals surface area contributed by atoms with E-state index in [9.17, 15) is 13.2 Å². The summed E-state index contributed by atoms with van der Waals surface area (Å²) >= 11 is 0. The second kappa shape index (κ2) is 8.20. The molecule has 7 heteroatoms. The van der Waals surface area contributed by atoms with Gasteiger partial charge in [0.15, 0.2) is 5.78 Å². The highest BCUT2D eigenvalue weighted by Crippen LogP contribution is 2.33. The molecular formula is C24H19NO5S. The summed E-state index contributed by atoms with van der Waals surface area (Å²) in [4.78, 5) is 17.7. The Labute approximate surface area is 180 Å². The zero-order valence-electron chi connectivity index (χ0n) is 16.9. The van der Waals surface area contributed by atoms with E-state index >= 15 is 0 Å². The number of hydrogen-bond donors (Lipinski definition) is 0. The van der Waals surface area contributed by atoms with Crippen molar-refractivity contribution in [3.8, 4) is 11.5 Å². The molecule has 0 unspecified atom stereocenters. The monoisotopic (exact) mass is 433 g/mol. The van der Waals surface area contributed by atoms with Crippen molar-refractivity contribution in [1.29, 1.82) is 0 Å². The number of rotatable bonds is 6. The Kier molecular flexibility index (Phi) is 5.44. The minimum absolute atomic E-state index is 0.00484. The van der Waals surface area contributed by atoms with Gasteiger partial charge in [-0.25, -0.2) is 8.42 Å². The number of ketones is 1. The topological polar surface area (TPSA) is 82.6 Å². The van der Waals surface area contributed by atoms with Crippen LogP contribution >= 0.6 is 0 Å². The number of carbonyl (C=O) groups excluding carboxylic acids is 1. The molecule has 0 amide bonds. The van der Waals surface area contributed by atoms with Crippen LogP contribution in [0, 0.1) is 0 Å². The van der Waals surface area contributed by atoms with Crippen LogP contribution in [0.4, 0.5) is 0 Å². The van der Waals surface area contributed by atoms with Crippen LogP contribution in [0.15, 0.2) is 88.8 Å². The lowest BCUT2D eigenvalue weighted by Gasteiger charge is -2.14. The third-order valence-corrected chi connectivity index (χ3v) is 6.81. The number of carbonyl (C=O) groups is 1. The summed E-state index contributed by atoms with van der Waals surface area (Å²) in [5, 5.41) is 0.322. The van der Waals surface area contributed by atoms with Crippen molar-refractivity contribution in [1.82, 2.24) is 4.98 Å². The Bertz CT molecular complexity index is 1360. The normalized spacial score (nSPS) is 11.3. The highest BCUT2D eigenvalue weighted by atomic mass is 32.2. The molecule has 0 aliphatic carbocycles. The van der Waals surface area contributed by atoms with Gasteiger partial charge in [0.25, 0.3) is 0 Å². The van der Waals surface area contributed by atoms with Crippen LogP contribution in [0.1, 0.15) is 15.9 Å². The molecule has 0 bridgehead atoms. The zero-order chi connectivity index (χ0) is 22.0. The van der Waals surface area contributed by atoms with E-state index in [0.29, 0.717) is 28.0 Å². The molecule has 0 aliphatic rings. The van der Waals surface area contributed by atoms with Crippen LogP contribution in [0.5, 0.6) is 11.5 Å². The Morgan fingerprint density at radius 1 is 0.839 bits per heavy atom. The molecular weight excluding hydrogens is 414 g/mol. The minimum atomic E-state index is -4.03. The summed E-state index contributed by atoms with van der Waals surface area (Å²) in [6.07, 6.45) is 1.32. The standard InChI is InChI=1S/C24H19NO5S/c1-29-17-10-8-16(9-11-17)23(26)21-15-25-22-13-12-18(30-2)14-20(22)24(21)31(27,28)19-6-4-3-5-7-19/h3-15H,1-2H3. The Balaban J connectivity index is 2.01. The average molecular weight is 433 g/mol. The van der Waals surface area contributed by atoms with Crippen molar-refractivity contribution >= 4 is 26.5 Å². The van der Waals surface area contributed by atoms with Gasteiger partial charge >= 0.3 is 0 Å². The van der Waals surface area contributed by atoms with Crippen LogP contribution < -0.4 is 9.47 Å². The number of hydrogen-bond acceptors (Lipinski definition) is 6. The first-order valence-electron chi connectivity index (χ1n) is 9.41. The fourth-order valence-corrected chi connectivity index (χ4v) is 4.98. The van der Waals surface area contributed by atoms with Gasteiger partial charge in [0.2, 0.25) is 9.84 Å². The summed E-state index contributed by atoms with van der Waals surface area (Å²) in [6, 6.07) is 19.5. The van der Waals surface area contributed by atoms with E-state index in [0.717, 1.165) is 0 Å². The predicted octanol–water partition coefficient (Wildman–Crippen LogP) is 4.32. The molecule has 1 aromatic heterocycles. The first-order chi connectivity index (χ1) is 15.0. The summed E-state index contributed by atoms with van der Waals surface area (Å²) in [6.45, 7) is 0. The van der Waals surface area contributed by atoms with Crippen LogP contribution in [0.3, 0.4) is 0 Å². The van der Waals surface area contributed by atoms with Gasteiger partial charge in [0.05, 0.1) is 35.1 Å². The van der Waals surface area contributed by atoms with Gasteiger partial charge in [-0.1, -0.05) is 18.2 Å². The highest BCUT2D eigenvalue weighted by Gasteiger charge is 2.28. The molecule has 0 aliphatic heterocycles. The lowest BCUT2D eigenvalue weighted by molar-refractivity contribution is 0.103. The molecule has 4 aromatic rings. The molecule has 0 radical (unpaired) electrons. The fourth-order valence-electron chi connectivity index (χ4n) is 3.34. The number of benzene rings is 3. The molecule has 0 N–H and O–H groups in total. The van der Waals surface area contributed by atoms with Crippen LogP contribution in [-0.4, -0.2) is 33.4 Å². The summed E-state index contributed by atoms with van der Waals surface area (Å²) in [5.41, 5.74) is 0.769. The second-order valence-electron chi connectivity index (χ2n) is 6.76. The summed E-state index contributed by atoms with van der Waals surface area (Å²) in [5.74, 6) is 0.609. The van der Waals surface area contributed by atoms with Crippen molar-refractivity contribution in [2.45, 2.75) is 9.79 Å². The molecule has 0 saturated carbocycles. The van der Waals surface area contributed by atoms with E-state index in [4.69, 9.17) is 9.47 Å². The van der Waals surface area contributed by atoms with Gasteiger partial charge in [-0.3, -0.25) is 9.78 Å². The van der Waals surface area contributed by atoms with Crippen molar-refractivity contribution in [3.05, 3.63) is 90.1 Å². The van der Waals surface area contributed by atoms with E-state index in [1.54, 1.807) is 60.7 Å². The van der Waals surface area contributed by atoms with Gasteiger partial charge < -0.3 is 9.47 Å². The molecule has 3 aromatic carbocycles. The number of ether oxygens (including phenoxy) is 2. The maximum absolute atomic E-state index is 13.7. The summed E-state index contributed by atoms with van der Waals surface area (Å²) < 4.78 is 37.8. The van der Waals surface area contributed by atoms with Gasteiger partial charge in [-0.05, 0) is 54.6 Å². The van der Waals surface area contributed by atoms with E-state index in [1.165, 1.54) is 32.5 Å². The van der Waals surface area contributed by atoms with Crippen molar-refractivity contribution in [3.63, 3.8) is 0 Å². The maximum Gasteiger partial charge on any atom is 0.208 e. The quantitative estimate of drug-likeness (QED) is 0.421. The lowest BCUT2D eigenvalue weighted by Crippen LogP contribution is -2.12. The van der Waals surface area contributed by atoms with E-state index in [2.05, 4.69) is 4.98 Å². The highest BCUT2D eigenvalue weighted by molar-refractivity contribution is 7.91. The molecule has 6 nitrogen and oxygen atoms in total. The van der Waals surface area contributed by atoms with E-state index in [1.807, 2.05) is 0 Å². The number of pyridine rings is 1. The summed E-state index contributed by atoms with van der Waals surface area (Å²) in [7, 11) is -1.01. The maximum atomic E-state index is 13.7. The third-order valence-electron chi connectivity index (χ3n) is 4.94. The second-order valence-corrected chi connectivity index (χ2v) is 8.64. The van der Waals surface area contributed by atoms with Crippen LogP contribution in [-0.2, 0) is 9.84 Å². The van der Waals surface area contributed by atoms with Crippen molar-refractivity contribution in [2.24, 2.45) is 0 Å². The third kappa shape index (κ3) is 3.75. The van der Waals surface area contributed by atoms with Gasteiger partial charge in [-0.2, -0.15) is 0 Å². The molecule has 31 heavy (non-hydrogen) atoms. The zero-order valence-corrected chi connectivity index (χ0v) is 17.7. The molecule has 0 atom stereocenters. The average Bonchev–Trinajstić information content (AvgIpc) is 2.83. The molecule has 1 heterocycles. The van der Waals surface area contributed by atoms with Crippen molar-refractivity contribution < 1.29 is 22.7 Å². The van der Waals surface area contributed by atoms with E-state index in [-0.39, 0.29) is 15.4 Å². The Morgan fingerprint density at radius 2 is 1.48 bits per heavy atom. The number of sulfone groups is 1. The number of fused-ring (bicyclic) bond motifs is 1. The minimum Gasteiger partial charge on any atom is -0.497 e. The first kappa shape index (κ1) is 20.6. The number of aromatic nitrogens is 1. The van der Waals surface area contributed by atoms with Gasteiger partial charge in [-0.15, -0.1) is 0 Å². The van der Waals surface area contributed by atoms with Crippen molar-refractivity contribution in [2.75, 3.05) is 14.2 Å². The molecule has 0 fully saturated rings. The lowest BCUT2D eigenvalue weighted by atomic mass is 10.0. The smallest absolute Gasteiger partial charge is 0.208 e. The molecule has 4 rings (SSSR count). The van der Waals surface area contributed by atoms with Crippen LogP contribution in [0.25, 0.3) is 10.9 Å². The van der Waals surface area contributed by atoms with Gasteiger partial charge in [0, 0.05) is 17.1 Å². The fraction of sp³-hybridized carbons (Fsp3) is 0.0833. The number of nitrogens with zero attached hydrogens (tertiary/aromatic N) is 1.